The summed E-state index contributed by atoms with van der Waals surface area (Å²) in [7, 11) is 6.35. The second-order valence-electron chi connectivity index (χ2n) is 5.12. The van der Waals surface area contributed by atoms with Gasteiger partial charge in [0.2, 0.25) is 0 Å². The van der Waals surface area contributed by atoms with Gasteiger partial charge in [0.05, 0.1) is 6.61 Å². The lowest BCUT2D eigenvalue weighted by atomic mass is 10.2. The molecule has 0 aromatic heterocycles. The Morgan fingerprint density at radius 3 is 2.47 bits per heavy atom. The quantitative estimate of drug-likeness (QED) is 0.686. The van der Waals surface area contributed by atoms with Gasteiger partial charge in [-0.15, -0.1) is 0 Å². The minimum Gasteiger partial charge on any atom is -0.493 e. The third kappa shape index (κ3) is 6.57. The van der Waals surface area contributed by atoms with Crippen molar-refractivity contribution in [1.82, 2.24) is 9.80 Å². The first kappa shape index (κ1) is 16.0. The van der Waals surface area contributed by atoms with Crippen LogP contribution in [0.25, 0.3) is 0 Å². The van der Waals surface area contributed by atoms with E-state index in [2.05, 4.69) is 30.9 Å². The van der Waals surface area contributed by atoms with E-state index in [1.165, 1.54) is 0 Å². The largest absolute Gasteiger partial charge is 0.493 e. The highest BCUT2D eigenvalue weighted by atomic mass is 16.5. The number of para-hydroxylation sites is 1. The van der Waals surface area contributed by atoms with E-state index in [0.717, 1.165) is 44.0 Å². The minimum atomic E-state index is 0.527. The zero-order valence-corrected chi connectivity index (χ0v) is 12.4. The van der Waals surface area contributed by atoms with Gasteiger partial charge in [0.1, 0.15) is 5.75 Å². The smallest absolute Gasteiger partial charge is 0.123 e. The summed E-state index contributed by atoms with van der Waals surface area (Å²) in [5.41, 5.74) is 6.75. The number of rotatable bonds is 9. The maximum atomic E-state index is 5.79. The van der Waals surface area contributed by atoms with Crippen molar-refractivity contribution in [2.75, 3.05) is 47.4 Å². The minimum absolute atomic E-state index is 0.527. The lowest BCUT2D eigenvalue weighted by molar-refractivity contribution is 0.244. The first-order valence-corrected chi connectivity index (χ1v) is 6.87. The molecule has 0 atom stereocenters. The number of benzene rings is 1. The standard InChI is InChI=1S/C15H27N3O/c1-17(2)10-11-18(3)9-6-12-19-15-8-5-4-7-14(15)13-16/h4-5,7-8H,6,9-13,16H2,1-3H3. The fourth-order valence-corrected chi connectivity index (χ4v) is 1.81. The molecule has 2 N–H and O–H groups in total. The maximum absolute atomic E-state index is 5.79. The van der Waals surface area contributed by atoms with Crippen LogP contribution in [0.2, 0.25) is 0 Å². The van der Waals surface area contributed by atoms with Gasteiger partial charge in [-0.3, -0.25) is 0 Å². The molecule has 19 heavy (non-hydrogen) atoms. The number of likely N-dealkylation sites (N-methyl/N-ethyl adjacent to an activating group) is 2. The van der Waals surface area contributed by atoms with Crippen molar-refractivity contribution in [2.45, 2.75) is 13.0 Å². The molecule has 0 spiro atoms. The van der Waals surface area contributed by atoms with Gasteiger partial charge in [-0.2, -0.15) is 0 Å². The average molecular weight is 265 g/mol. The highest BCUT2D eigenvalue weighted by Crippen LogP contribution is 2.17. The summed E-state index contributed by atoms with van der Waals surface area (Å²) in [6, 6.07) is 7.97. The molecule has 0 fully saturated rings. The molecule has 1 aromatic carbocycles. The first-order valence-electron chi connectivity index (χ1n) is 6.87. The Morgan fingerprint density at radius 1 is 1.05 bits per heavy atom. The Kier molecular flexibility index (Phi) is 7.48. The van der Waals surface area contributed by atoms with E-state index in [4.69, 9.17) is 10.5 Å². The normalized spacial score (nSPS) is 11.3. The second kappa shape index (κ2) is 8.91. The molecule has 0 heterocycles. The summed E-state index contributed by atoms with van der Waals surface area (Å²) in [5, 5.41) is 0. The molecular weight excluding hydrogens is 238 g/mol. The molecule has 0 aliphatic carbocycles. The molecular formula is C15H27N3O. The Bertz CT molecular complexity index is 355. The van der Waals surface area contributed by atoms with E-state index in [0.29, 0.717) is 6.54 Å². The molecule has 1 aromatic rings. The van der Waals surface area contributed by atoms with Gasteiger partial charge in [0, 0.05) is 31.7 Å². The van der Waals surface area contributed by atoms with Gasteiger partial charge >= 0.3 is 0 Å². The summed E-state index contributed by atoms with van der Waals surface area (Å²) >= 11 is 0. The summed E-state index contributed by atoms with van der Waals surface area (Å²) in [6.07, 6.45) is 1.03. The number of nitrogens with two attached hydrogens (primary N) is 1. The van der Waals surface area contributed by atoms with Crippen molar-refractivity contribution in [3.63, 3.8) is 0 Å². The molecule has 0 unspecified atom stereocenters. The molecule has 0 aliphatic heterocycles. The van der Waals surface area contributed by atoms with Gasteiger partial charge in [0.15, 0.2) is 0 Å². The Hall–Kier alpha value is -1.10. The average Bonchev–Trinajstić information content (AvgIpc) is 2.41. The first-order chi connectivity index (χ1) is 9.13. The fourth-order valence-electron chi connectivity index (χ4n) is 1.81. The fraction of sp³-hybridized carbons (Fsp3) is 0.600. The van der Waals surface area contributed by atoms with E-state index in [-0.39, 0.29) is 0 Å². The molecule has 1 rings (SSSR count). The summed E-state index contributed by atoms with van der Waals surface area (Å²) in [5.74, 6) is 0.918. The van der Waals surface area contributed by atoms with E-state index in [9.17, 15) is 0 Å². The topological polar surface area (TPSA) is 41.7 Å². The molecule has 0 amide bonds. The van der Waals surface area contributed by atoms with Crippen LogP contribution >= 0.6 is 0 Å². The number of hydrogen-bond acceptors (Lipinski definition) is 4. The van der Waals surface area contributed by atoms with Gasteiger partial charge < -0.3 is 20.3 Å². The van der Waals surface area contributed by atoms with E-state index in [1.54, 1.807) is 0 Å². The maximum Gasteiger partial charge on any atom is 0.123 e. The highest BCUT2D eigenvalue weighted by Gasteiger charge is 2.02. The van der Waals surface area contributed by atoms with Crippen LogP contribution in [0.4, 0.5) is 0 Å². The van der Waals surface area contributed by atoms with Crippen molar-refractivity contribution < 1.29 is 4.74 Å². The zero-order chi connectivity index (χ0) is 14.1. The van der Waals surface area contributed by atoms with E-state index >= 15 is 0 Å². The predicted octanol–water partition coefficient (Wildman–Crippen LogP) is 1.41. The molecule has 4 heteroatoms. The van der Waals surface area contributed by atoms with Crippen molar-refractivity contribution in [1.29, 1.82) is 0 Å². The molecule has 108 valence electrons. The SMILES string of the molecule is CN(C)CCN(C)CCCOc1ccccc1CN. The molecule has 0 saturated heterocycles. The van der Waals surface area contributed by atoms with Gasteiger partial charge in [0.25, 0.3) is 0 Å². The number of ether oxygens (including phenoxy) is 1. The van der Waals surface area contributed by atoms with Crippen molar-refractivity contribution in [3.05, 3.63) is 29.8 Å². The third-order valence-corrected chi connectivity index (χ3v) is 3.06. The monoisotopic (exact) mass is 265 g/mol. The third-order valence-electron chi connectivity index (χ3n) is 3.06. The van der Waals surface area contributed by atoms with Gasteiger partial charge in [-0.25, -0.2) is 0 Å². The van der Waals surface area contributed by atoms with Crippen LogP contribution in [0.15, 0.2) is 24.3 Å². The number of nitrogens with zero attached hydrogens (tertiary/aromatic N) is 2. The van der Waals surface area contributed by atoms with Crippen molar-refractivity contribution in [3.8, 4) is 5.75 Å². The van der Waals surface area contributed by atoms with Crippen LogP contribution in [0.1, 0.15) is 12.0 Å². The Labute approximate surface area is 117 Å². The van der Waals surface area contributed by atoms with Crippen molar-refractivity contribution >= 4 is 0 Å². The second-order valence-corrected chi connectivity index (χ2v) is 5.12. The van der Waals surface area contributed by atoms with Crippen LogP contribution in [-0.4, -0.2) is 57.2 Å². The summed E-state index contributed by atoms with van der Waals surface area (Å²) in [4.78, 5) is 4.53. The molecule has 0 bridgehead atoms. The summed E-state index contributed by atoms with van der Waals surface area (Å²) in [6.45, 7) is 4.50. The summed E-state index contributed by atoms with van der Waals surface area (Å²) < 4.78 is 5.79. The van der Waals surface area contributed by atoms with Crippen LogP contribution < -0.4 is 10.5 Å². The van der Waals surface area contributed by atoms with Crippen molar-refractivity contribution in [2.24, 2.45) is 5.73 Å². The zero-order valence-electron chi connectivity index (χ0n) is 12.4. The Balaban J connectivity index is 2.20. The van der Waals surface area contributed by atoms with E-state index in [1.807, 2.05) is 24.3 Å². The highest BCUT2D eigenvalue weighted by molar-refractivity contribution is 5.32. The van der Waals surface area contributed by atoms with E-state index < -0.39 is 0 Å². The molecule has 0 saturated carbocycles. The number of hydrogen-bond donors (Lipinski definition) is 1. The molecule has 0 aliphatic rings. The van der Waals surface area contributed by atoms with Crippen LogP contribution in [-0.2, 0) is 6.54 Å². The Morgan fingerprint density at radius 2 is 1.79 bits per heavy atom. The van der Waals surface area contributed by atoms with Crippen LogP contribution in [0.3, 0.4) is 0 Å². The van der Waals surface area contributed by atoms with Gasteiger partial charge in [-0.05, 0) is 33.6 Å². The predicted molar refractivity (Wildman–Crippen MR) is 80.5 cm³/mol. The van der Waals surface area contributed by atoms with Crippen LogP contribution in [0, 0.1) is 0 Å². The lowest BCUT2D eigenvalue weighted by Gasteiger charge is -2.19. The molecule has 0 radical (unpaired) electrons. The van der Waals surface area contributed by atoms with Crippen LogP contribution in [0.5, 0.6) is 5.75 Å². The molecule has 4 nitrogen and oxygen atoms in total. The van der Waals surface area contributed by atoms with Gasteiger partial charge in [-0.1, -0.05) is 18.2 Å². The lowest BCUT2D eigenvalue weighted by Crippen LogP contribution is -2.30.